The van der Waals surface area contributed by atoms with E-state index < -0.39 is 10.0 Å². The highest BCUT2D eigenvalue weighted by atomic mass is 32.2. The monoisotopic (exact) mass is 331 g/mol. The number of carbonyl (C=O) groups excluding carboxylic acids is 1. The van der Waals surface area contributed by atoms with Crippen LogP contribution in [0.15, 0.2) is 52.6 Å². The third-order valence-electron chi connectivity index (χ3n) is 3.64. The van der Waals surface area contributed by atoms with Gasteiger partial charge in [-0.3, -0.25) is 4.79 Å². The molecule has 0 unspecified atom stereocenters. The second kappa shape index (κ2) is 6.00. The van der Waals surface area contributed by atoms with Crippen LogP contribution >= 0.6 is 0 Å². The predicted octanol–water partition coefficient (Wildman–Crippen LogP) is 1.11. The molecule has 2 aliphatic heterocycles. The van der Waals surface area contributed by atoms with Crippen LogP contribution in [0.2, 0.25) is 0 Å². The Balaban J connectivity index is 1.77. The highest BCUT2D eigenvalue weighted by Gasteiger charge is 2.29. The standard InChI is InChI=1S/C16H17N3O3S/c1-12-4-2-5-13(10-12)11-17-16(20)14-6-3-7-19-8-9-23(21,22)18-15(14)19/h2-7,10H,8-9,11H2,1H3,(H,17,20). The van der Waals surface area contributed by atoms with Crippen molar-refractivity contribution in [1.82, 2.24) is 10.2 Å². The number of aryl methyl sites for hydroxylation is 1. The topological polar surface area (TPSA) is 78.8 Å². The lowest BCUT2D eigenvalue weighted by Crippen LogP contribution is -2.42. The van der Waals surface area contributed by atoms with Crippen molar-refractivity contribution in [2.75, 3.05) is 12.3 Å². The Bertz CT molecular complexity index is 838. The molecule has 0 aliphatic carbocycles. The molecular weight excluding hydrogens is 314 g/mol. The van der Waals surface area contributed by atoms with Crippen LogP contribution in [0, 0.1) is 6.92 Å². The number of nitrogens with zero attached hydrogens (tertiary/aromatic N) is 2. The van der Waals surface area contributed by atoms with E-state index in [2.05, 4.69) is 9.71 Å². The van der Waals surface area contributed by atoms with Gasteiger partial charge in [-0.1, -0.05) is 29.8 Å². The van der Waals surface area contributed by atoms with Crippen LogP contribution in [0.4, 0.5) is 0 Å². The van der Waals surface area contributed by atoms with Crippen molar-refractivity contribution in [3.63, 3.8) is 0 Å². The number of hydrogen-bond donors (Lipinski definition) is 1. The van der Waals surface area contributed by atoms with Crippen molar-refractivity contribution < 1.29 is 13.2 Å². The molecule has 120 valence electrons. The van der Waals surface area contributed by atoms with E-state index in [9.17, 15) is 13.2 Å². The maximum absolute atomic E-state index is 12.4. The lowest BCUT2D eigenvalue weighted by atomic mass is 10.1. The van der Waals surface area contributed by atoms with Gasteiger partial charge in [0.05, 0.1) is 11.3 Å². The van der Waals surface area contributed by atoms with Gasteiger partial charge in [-0.2, -0.15) is 0 Å². The fourth-order valence-corrected chi connectivity index (χ4v) is 3.48. The summed E-state index contributed by atoms with van der Waals surface area (Å²) in [6.07, 6.45) is 5.03. The van der Waals surface area contributed by atoms with Crippen molar-refractivity contribution in [2.45, 2.75) is 13.5 Å². The van der Waals surface area contributed by atoms with Crippen LogP contribution in [-0.4, -0.2) is 37.4 Å². The van der Waals surface area contributed by atoms with Gasteiger partial charge in [0.15, 0.2) is 5.84 Å². The van der Waals surface area contributed by atoms with Crippen LogP contribution in [-0.2, 0) is 21.4 Å². The van der Waals surface area contributed by atoms with E-state index in [4.69, 9.17) is 0 Å². The second-order valence-electron chi connectivity index (χ2n) is 5.49. The molecule has 23 heavy (non-hydrogen) atoms. The number of benzene rings is 1. The van der Waals surface area contributed by atoms with Gasteiger partial charge in [0.1, 0.15) is 0 Å². The Kier molecular flexibility index (Phi) is 4.04. The van der Waals surface area contributed by atoms with E-state index in [1.165, 1.54) is 0 Å². The molecule has 0 saturated heterocycles. The maximum Gasteiger partial charge on any atom is 0.256 e. The molecule has 1 N–H and O–H groups in total. The molecule has 1 aromatic carbocycles. The fraction of sp³-hybridized carbons (Fsp3) is 0.250. The molecule has 2 heterocycles. The van der Waals surface area contributed by atoms with Gasteiger partial charge < -0.3 is 10.2 Å². The summed E-state index contributed by atoms with van der Waals surface area (Å²) < 4.78 is 27.1. The molecule has 0 atom stereocenters. The van der Waals surface area contributed by atoms with Crippen LogP contribution in [0.25, 0.3) is 0 Å². The van der Waals surface area contributed by atoms with E-state index in [0.29, 0.717) is 13.1 Å². The molecule has 0 radical (unpaired) electrons. The summed E-state index contributed by atoms with van der Waals surface area (Å²) in [5.41, 5.74) is 2.37. The number of amides is 1. The number of fused-ring (bicyclic) bond motifs is 1. The van der Waals surface area contributed by atoms with Crippen molar-refractivity contribution in [3.8, 4) is 0 Å². The molecule has 2 aliphatic rings. The Morgan fingerprint density at radius 3 is 3.00 bits per heavy atom. The zero-order chi connectivity index (χ0) is 16.4. The van der Waals surface area contributed by atoms with Gasteiger partial charge in [-0.25, -0.2) is 8.42 Å². The molecule has 6 nitrogen and oxygen atoms in total. The average molecular weight is 331 g/mol. The highest BCUT2D eigenvalue weighted by molar-refractivity contribution is 7.90. The Hall–Kier alpha value is -2.41. The van der Waals surface area contributed by atoms with Crippen molar-refractivity contribution >= 4 is 21.8 Å². The van der Waals surface area contributed by atoms with Crippen LogP contribution in [0.5, 0.6) is 0 Å². The molecule has 0 aromatic heterocycles. The van der Waals surface area contributed by atoms with E-state index in [-0.39, 0.29) is 23.1 Å². The minimum Gasteiger partial charge on any atom is -0.348 e. The third kappa shape index (κ3) is 3.50. The first-order valence-corrected chi connectivity index (χ1v) is 8.87. The van der Waals surface area contributed by atoms with Crippen molar-refractivity contribution in [1.29, 1.82) is 0 Å². The largest absolute Gasteiger partial charge is 0.348 e. The number of rotatable bonds is 3. The Morgan fingerprint density at radius 1 is 1.39 bits per heavy atom. The molecule has 0 fully saturated rings. The molecule has 1 amide bonds. The predicted molar refractivity (Wildman–Crippen MR) is 88.2 cm³/mol. The number of hydrogen-bond acceptors (Lipinski definition) is 4. The van der Waals surface area contributed by atoms with Gasteiger partial charge in [0, 0.05) is 19.3 Å². The number of nitrogens with one attached hydrogen (secondary N) is 1. The minimum absolute atomic E-state index is 0.0426. The van der Waals surface area contributed by atoms with Gasteiger partial charge in [0.2, 0.25) is 0 Å². The van der Waals surface area contributed by atoms with Gasteiger partial charge in [0.25, 0.3) is 15.9 Å². The second-order valence-corrected chi connectivity index (χ2v) is 7.24. The quantitative estimate of drug-likeness (QED) is 0.900. The summed E-state index contributed by atoms with van der Waals surface area (Å²) >= 11 is 0. The first-order chi connectivity index (χ1) is 10.9. The average Bonchev–Trinajstić information content (AvgIpc) is 2.51. The zero-order valence-electron chi connectivity index (χ0n) is 12.7. The smallest absolute Gasteiger partial charge is 0.256 e. The van der Waals surface area contributed by atoms with Crippen molar-refractivity contribution in [2.24, 2.45) is 4.40 Å². The molecule has 3 rings (SSSR count). The molecule has 7 heteroatoms. The zero-order valence-corrected chi connectivity index (χ0v) is 13.5. The first-order valence-electron chi connectivity index (χ1n) is 7.26. The number of allylic oxidation sites excluding steroid dienone is 2. The Morgan fingerprint density at radius 2 is 2.22 bits per heavy atom. The van der Waals surface area contributed by atoms with Crippen LogP contribution in [0.3, 0.4) is 0 Å². The molecular formula is C16H17N3O3S. The molecule has 1 aromatic rings. The first kappa shape index (κ1) is 15.5. The maximum atomic E-state index is 12.4. The van der Waals surface area contributed by atoms with E-state index in [0.717, 1.165) is 11.1 Å². The summed E-state index contributed by atoms with van der Waals surface area (Å²) in [5.74, 6) is -0.184. The van der Waals surface area contributed by atoms with Crippen molar-refractivity contribution in [3.05, 3.63) is 59.3 Å². The van der Waals surface area contributed by atoms with Crippen LogP contribution < -0.4 is 5.32 Å². The summed E-state index contributed by atoms with van der Waals surface area (Å²) in [6, 6.07) is 7.83. The molecule has 0 saturated carbocycles. The van der Waals surface area contributed by atoms with Gasteiger partial charge in [-0.15, -0.1) is 4.40 Å². The lowest BCUT2D eigenvalue weighted by molar-refractivity contribution is -0.117. The number of amidine groups is 1. The fourth-order valence-electron chi connectivity index (χ4n) is 2.49. The minimum atomic E-state index is -3.50. The lowest BCUT2D eigenvalue weighted by Gasteiger charge is -2.28. The summed E-state index contributed by atoms with van der Waals surface area (Å²) in [7, 11) is -3.50. The normalized spacial score (nSPS) is 18.7. The summed E-state index contributed by atoms with van der Waals surface area (Å²) in [4.78, 5) is 14.1. The van der Waals surface area contributed by atoms with Crippen LogP contribution in [0.1, 0.15) is 11.1 Å². The van der Waals surface area contributed by atoms with Gasteiger partial charge in [-0.05, 0) is 24.6 Å². The molecule has 0 bridgehead atoms. The van der Waals surface area contributed by atoms with E-state index >= 15 is 0 Å². The number of sulfonamides is 1. The molecule has 0 spiro atoms. The van der Waals surface area contributed by atoms with E-state index in [1.54, 1.807) is 23.3 Å². The third-order valence-corrected chi connectivity index (χ3v) is 4.79. The highest BCUT2D eigenvalue weighted by Crippen LogP contribution is 2.18. The van der Waals surface area contributed by atoms with Gasteiger partial charge >= 0.3 is 0 Å². The summed E-state index contributed by atoms with van der Waals surface area (Å²) in [5, 5.41) is 2.81. The Labute approximate surface area is 135 Å². The van der Waals surface area contributed by atoms with E-state index in [1.807, 2.05) is 31.2 Å². The number of carbonyl (C=O) groups is 1. The SMILES string of the molecule is Cc1cccc(CNC(=O)C2=CC=CN3CCS(=O)(=O)N=C23)c1. The summed E-state index contributed by atoms with van der Waals surface area (Å²) in [6.45, 7) is 2.67.